The Morgan fingerprint density at radius 1 is 1.32 bits per heavy atom. The molecule has 1 atom stereocenters. The minimum absolute atomic E-state index is 0.0595. The van der Waals surface area contributed by atoms with Gasteiger partial charge in [0.1, 0.15) is 6.61 Å². The van der Waals surface area contributed by atoms with Crippen LogP contribution in [0.1, 0.15) is 18.9 Å². The second-order valence-corrected chi connectivity index (χ2v) is 5.03. The fourth-order valence-electron chi connectivity index (χ4n) is 2.08. The molecular weight excluding hydrogens is 288 g/mol. The van der Waals surface area contributed by atoms with Gasteiger partial charge in [-0.15, -0.1) is 0 Å². The molecule has 0 amide bonds. The highest BCUT2D eigenvalue weighted by atomic mass is 16.6. The minimum atomic E-state index is -1.18. The summed E-state index contributed by atoms with van der Waals surface area (Å²) < 4.78 is 15.1. The summed E-state index contributed by atoms with van der Waals surface area (Å²) in [5.41, 5.74) is -0.337. The number of rotatable bonds is 5. The lowest BCUT2D eigenvalue weighted by Crippen LogP contribution is -2.35. The molecule has 0 radical (unpaired) electrons. The molecule has 0 aromatic heterocycles. The Morgan fingerprint density at radius 2 is 2.00 bits per heavy atom. The number of carbonyl (C=O) groups excluding carboxylic acids is 3. The molecular formula is C16H16O6. The van der Waals surface area contributed by atoms with E-state index in [1.807, 2.05) is 6.07 Å². The molecule has 0 N–H and O–H groups in total. The Balaban J connectivity index is 2.08. The van der Waals surface area contributed by atoms with Crippen LogP contribution in [0, 0.1) is 0 Å². The van der Waals surface area contributed by atoms with Crippen molar-refractivity contribution in [2.75, 3.05) is 13.2 Å². The van der Waals surface area contributed by atoms with Crippen molar-refractivity contribution >= 4 is 17.9 Å². The van der Waals surface area contributed by atoms with E-state index in [2.05, 4.69) is 6.58 Å². The summed E-state index contributed by atoms with van der Waals surface area (Å²) in [5, 5.41) is 0. The van der Waals surface area contributed by atoms with Gasteiger partial charge >= 0.3 is 17.9 Å². The third kappa shape index (κ3) is 3.52. The van der Waals surface area contributed by atoms with Crippen molar-refractivity contribution in [2.45, 2.75) is 18.9 Å². The van der Waals surface area contributed by atoms with Crippen LogP contribution in [0.3, 0.4) is 0 Å². The molecule has 0 bridgehead atoms. The van der Waals surface area contributed by atoms with Gasteiger partial charge in [-0.05, 0) is 12.5 Å². The first-order valence-corrected chi connectivity index (χ1v) is 6.68. The maximum atomic E-state index is 11.9. The normalized spacial score (nSPS) is 20.1. The Kier molecular flexibility index (Phi) is 4.60. The highest BCUT2D eigenvalue weighted by Crippen LogP contribution is 2.35. The van der Waals surface area contributed by atoms with Gasteiger partial charge in [0, 0.05) is 5.57 Å². The lowest BCUT2D eigenvalue weighted by atomic mass is 9.92. The van der Waals surface area contributed by atoms with Gasteiger partial charge in [0.15, 0.2) is 12.2 Å². The predicted molar refractivity (Wildman–Crippen MR) is 75.6 cm³/mol. The number of hydrogen-bond acceptors (Lipinski definition) is 6. The molecule has 1 fully saturated rings. The van der Waals surface area contributed by atoms with Crippen LogP contribution < -0.4 is 0 Å². The highest BCUT2D eigenvalue weighted by Gasteiger charge is 2.45. The molecule has 0 aliphatic carbocycles. The SMILES string of the molecule is C=C(C)C(=O)OCC(=O)OC1(c2ccccc2)COC(=O)C1. The van der Waals surface area contributed by atoms with E-state index >= 15 is 0 Å². The van der Waals surface area contributed by atoms with Crippen molar-refractivity contribution in [3.63, 3.8) is 0 Å². The fourth-order valence-corrected chi connectivity index (χ4v) is 2.08. The second kappa shape index (κ2) is 6.43. The monoisotopic (exact) mass is 304 g/mol. The van der Waals surface area contributed by atoms with E-state index in [1.54, 1.807) is 24.3 Å². The van der Waals surface area contributed by atoms with Crippen LogP contribution in [0.5, 0.6) is 0 Å². The largest absolute Gasteiger partial charge is 0.461 e. The van der Waals surface area contributed by atoms with Crippen molar-refractivity contribution in [1.29, 1.82) is 0 Å². The van der Waals surface area contributed by atoms with Crippen molar-refractivity contribution in [1.82, 2.24) is 0 Å². The first-order chi connectivity index (χ1) is 10.4. The van der Waals surface area contributed by atoms with Gasteiger partial charge in [0.2, 0.25) is 0 Å². The summed E-state index contributed by atoms with van der Waals surface area (Å²) in [5.74, 6) is -1.88. The molecule has 22 heavy (non-hydrogen) atoms. The number of benzene rings is 1. The Morgan fingerprint density at radius 3 is 2.55 bits per heavy atom. The molecule has 2 rings (SSSR count). The summed E-state index contributed by atoms with van der Waals surface area (Å²) in [6, 6.07) is 8.85. The van der Waals surface area contributed by atoms with Crippen molar-refractivity contribution in [3.8, 4) is 0 Å². The van der Waals surface area contributed by atoms with E-state index in [9.17, 15) is 14.4 Å². The van der Waals surface area contributed by atoms with Crippen LogP contribution in [-0.4, -0.2) is 31.1 Å². The Bertz CT molecular complexity index is 606. The summed E-state index contributed by atoms with van der Waals surface area (Å²) in [7, 11) is 0. The summed E-state index contributed by atoms with van der Waals surface area (Å²) in [6.07, 6.45) is -0.0722. The highest BCUT2D eigenvalue weighted by molar-refractivity contribution is 5.88. The molecule has 1 aliphatic heterocycles. The molecule has 1 aromatic rings. The van der Waals surface area contributed by atoms with Crippen LogP contribution >= 0.6 is 0 Å². The van der Waals surface area contributed by atoms with Gasteiger partial charge in [-0.3, -0.25) is 4.79 Å². The molecule has 1 aromatic carbocycles. The summed E-state index contributed by atoms with van der Waals surface area (Å²) in [6.45, 7) is 4.28. The molecule has 6 nitrogen and oxygen atoms in total. The maximum absolute atomic E-state index is 11.9. The number of cyclic esters (lactones) is 1. The van der Waals surface area contributed by atoms with Crippen LogP contribution in [-0.2, 0) is 34.2 Å². The van der Waals surface area contributed by atoms with Gasteiger partial charge in [-0.1, -0.05) is 36.9 Å². The number of hydrogen-bond donors (Lipinski definition) is 0. The van der Waals surface area contributed by atoms with E-state index in [4.69, 9.17) is 14.2 Å². The van der Waals surface area contributed by atoms with Crippen molar-refractivity contribution in [2.24, 2.45) is 0 Å². The molecule has 116 valence electrons. The van der Waals surface area contributed by atoms with E-state index in [1.165, 1.54) is 6.92 Å². The zero-order chi connectivity index (χ0) is 16.2. The van der Waals surface area contributed by atoms with Crippen LogP contribution in [0.2, 0.25) is 0 Å². The minimum Gasteiger partial charge on any atom is -0.461 e. The van der Waals surface area contributed by atoms with Crippen molar-refractivity contribution < 1.29 is 28.6 Å². The topological polar surface area (TPSA) is 78.9 Å². The third-order valence-corrected chi connectivity index (χ3v) is 3.17. The smallest absolute Gasteiger partial charge is 0.345 e. The number of ether oxygens (including phenoxy) is 3. The molecule has 6 heteroatoms. The Labute approximate surface area is 127 Å². The lowest BCUT2D eigenvalue weighted by Gasteiger charge is -2.26. The summed E-state index contributed by atoms with van der Waals surface area (Å²) in [4.78, 5) is 34.7. The molecule has 0 saturated carbocycles. The molecule has 1 saturated heterocycles. The molecule has 1 heterocycles. The fraction of sp³-hybridized carbons (Fsp3) is 0.312. The average molecular weight is 304 g/mol. The van der Waals surface area contributed by atoms with Crippen LogP contribution in [0.15, 0.2) is 42.5 Å². The maximum Gasteiger partial charge on any atom is 0.345 e. The zero-order valence-corrected chi connectivity index (χ0v) is 12.2. The standard InChI is InChI=1S/C16H16O6/c1-11(2)15(19)20-9-14(18)22-16(8-13(17)21-10-16)12-6-4-3-5-7-12/h3-7H,1,8-10H2,2H3. The number of esters is 3. The quantitative estimate of drug-likeness (QED) is 0.466. The van der Waals surface area contributed by atoms with E-state index < -0.39 is 30.1 Å². The lowest BCUT2D eigenvalue weighted by molar-refractivity contribution is -0.170. The molecule has 1 unspecified atom stereocenters. The first-order valence-electron chi connectivity index (χ1n) is 6.68. The predicted octanol–water partition coefficient (Wildman–Crippen LogP) is 1.49. The van der Waals surface area contributed by atoms with Gasteiger partial charge in [0.25, 0.3) is 0 Å². The van der Waals surface area contributed by atoms with E-state index in [-0.39, 0.29) is 18.6 Å². The van der Waals surface area contributed by atoms with E-state index in [0.29, 0.717) is 5.56 Å². The Hall–Kier alpha value is -2.63. The second-order valence-electron chi connectivity index (χ2n) is 5.03. The van der Waals surface area contributed by atoms with Crippen LogP contribution in [0.4, 0.5) is 0 Å². The van der Waals surface area contributed by atoms with E-state index in [0.717, 1.165) is 0 Å². The number of carbonyl (C=O) groups is 3. The third-order valence-electron chi connectivity index (χ3n) is 3.17. The van der Waals surface area contributed by atoms with Crippen molar-refractivity contribution in [3.05, 3.63) is 48.0 Å². The van der Waals surface area contributed by atoms with Gasteiger partial charge in [0.05, 0.1) is 6.42 Å². The summed E-state index contributed by atoms with van der Waals surface area (Å²) >= 11 is 0. The van der Waals surface area contributed by atoms with Gasteiger partial charge in [-0.25, -0.2) is 9.59 Å². The molecule has 0 spiro atoms. The average Bonchev–Trinajstić information content (AvgIpc) is 2.87. The van der Waals surface area contributed by atoms with Crippen LogP contribution in [0.25, 0.3) is 0 Å². The zero-order valence-electron chi connectivity index (χ0n) is 12.2. The van der Waals surface area contributed by atoms with Gasteiger partial charge in [-0.2, -0.15) is 0 Å². The van der Waals surface area contributed by atoms with Gasteiger partial charge < -0.3 is 14.2 Å². The molecule has 1 aliphatic rings. The first kappa shape index (κ1) is 15.8.